The van der Waals surface area contributed by atoms with Crippen molar-refractivity contribution in [3.63, 3.8) is 0 Å². The van der Waals surface area contributed by atoms with Crippen molar-refractivity contribution in [1.82, 2.24) is 19.5 Å². The number of hydrogen-bond acceptors (Lipinski definition) is 7. The molecule has 3 heterocycles. The van der Waals surface area contributed by atoms with Crippen molar-refractivity contribution in [2.24, 2.45) is 11.7 Å². The molecule has 3 aromatic rings. The quantitative estimate of drug-likeness (QED) is 0.518. The zero-order valence-electron chi connectivity index (χ0n) is 21.0. The Kier molecular flexibility index (Phi) is 7.34. The second kappa shape index (κ2) is 10.6. The molecule has 5 rings (SSSR count). The predicted molar refractivity (Wildman–Crippen MR) is 137 cm³/mol. The molecule has 8 nitrogen and oxygen atoms in total. The molecule has 0 amide bonds. The lowest BCUT2D eigenvalue weighted by molar-refractivity contribution is 0.122. The van der Waals surface area contributed by atoms with Crippen LogP contribution in [0.2, 0.25) is 0 Å². The van der Waals surface area contributed by atoms with Crippen LogP contribution in [0.3, 0.4) is 0 Å². The molecule has 0 atom stereocenters. The highest BCUT2D eigenvalue weighted by Crippen LogP contribution is 2.32. The Bertz CT molecular complexity index is 1170. The zero-order chi connectivity index (χ0) is 25.2. The van der Waals surface area contributed by atoms with Crippen molar-refractivity contribution in [1.29, 1.82) is 0 Å². The molecule has 0 bridgehead atoms. The largest absolute Gasteiger partial charge is 0.378 e. The fourth-order valence-electron chi connectivity index (χ4n) is 5.24. The smallest absolute Gasteiger partial charge is 0.296 e. The molecule has 0 unspecified atom stereocenters. The van der Waals surface area contributed by atoms with Gasteiger partial charge in [-0.25, -0.2) is 13.8 Å². The molecule has 0 radical (unpaired) electrons. The predicted octanol–water partition coefficient (Wildman–Crippen LogP) is 4.32. The van der Waals surface area contributed by atoms with E-state index in [-0.39, 0.29) is 11.9 Å². The lowest BCUT2D eigenvalue weighted by Gasteiger charge is -2.38. The summed E-state index contributed by atoms with van der Waals surface area (Å²) in [5, 5.41) is 0. The number of alkyl halides is 2. The third-order valence-electron chi connectivity index (χ3n) is 7.03. The van der Waals surface area contributed by atoms with Gasteiger partial charge in [-0.15, -0.1) is 0 Å². The molecule has 2 fully saturated rings. The van der Waals surface area contributed by atoms with Gasteiger partial charge < -0.3 is 20.3 Å². The molecule has 1 aliphatic carbocycles. The number of aromatic nitrogens is 4. The fourth-order valence-corrected chi connectivity index (χ4v) is 5.24. The van der Waals surface area contributed by atoms with Gasteiger partial charge in [-0.2, -0.15) is 9.97 Å². The zero-order valence-corrected chi connectivity index (χ0v) is 21.0. The molecule has 2 aliphatic rings. The van der Waals surface area contributed by atoms with Crippen LogP contribution in [0.5, 0.6) is 0 Å². The monoisotopic (exact) mass is 499 g/mol. The van der Waals surface area contributed by atoms with Crippen molar-refractivity contribution < 1.29 is 13.5 Å². The van der Waals surface area contributed by atoms with E-state index >= 15 is 0 Å². The van der Waals surface area contributed by atoms with Crippen LogP contribution in [-0.4, -0.2) is 64.5 Å². The van der Waals surface area contributed by atoms with E-state index in [4.69, 9.17) is 20.4 Å². The number of para-hydroxylation sites is 2. The summed E-state index contributed by atoms with van der Waals surface area (Å²) >= 11 is 0. The molecule has 1 saturated heterocycles. The summed E-state index contributed by atoms with van der Waals surface area (Å²) in [6.45, 7) is 7.64. The molecule has 1 aromatic carbocycles. The van der Waals surface area contributed by atoms with Crippen LogP contribution in [0.25, 0.3) is 16.9 Å². The molecule has 0 spiro atoms. The van der Waals surface area contributed by atoms with E-state index in [1.807, 2.05) is 12.1 Å². The minimum Gasteiger partial charge on any atom is -0.378 e. The molecular formula is C26H35F2N7O. The van der Waals surface area contributed by atoms with Crippen LogP contribution < -0.4 is 15.5 Å². The van der Waals surface area contributed by atoms with Gasteiger partial charge in [-0.05, 0) is 43.7 Å². The number of imidazole rings is 1. The number of rotatable bonds is 7. The molecule has 1 aliphatic heterocycles. The van der Waals surface area contributed by atoms with Crippen LogP contribution in [0.15, 0.2) is 30.3 Å². The minimum absolute atomic E-state index is 0.234. The number of anilines is 2. The number of ether oxygens (including phenoxy) is 1. The molecule has 2 N–H and O–H groups in total. The molecule has 36 heavy (non-hydrogen) atoms. The maximum Gasteiger partial charge on any atom is 0.296 e. The third kappa shape index (κ3) is 5.15. The average Bonchev–Trinajstić information content (AvgIpc) is 3.28. The molecule has 194 valence electrons. The van der Waals surface area contributed by atoms with E-state index in [1.165, 1.54) is 4.57 Å². The van der Waals surface area contributed by atoms with Crippen molar-refractivity contribution >= 4 is 22.8 Å². The van der Waals surface area contributed by atoms with Crippen LogP contribution in [0, 0.1) is 5.92 Å². The Labute approximate surface area is 210 Å². The van der Waals surface area contributed by atoms with E-state index in [1.54, 1.807) is 18.2 Å². The summed E-state index contributed by atoms with van der Waals surface area (Å²) in [5.41, 5.74) is 7.32. The molecular weight excluding hydrogens is 464 g/mol. The Balaban J connectivity index is 1.66. The first-order valence-electron chi connectivity index (χ1n) is 12.9. The lowest BCUT2D eigenvalue weighted by atomic mass is 9.90. The second-order valence-corrected chi connectivity index (χ2v) is 10.2. The highest BCUT2D eigenvalue weighted by atomic mass is 19.3. The first-order chi connectivity index (χ1) is 17.4. The Morgan fingerprint density at radius 3 is 2.47 bits per heavy atom. The summed E-state index contributed by atoms with van der Waals surface area (Å²) in [5.74, 6) is 1.79. The van der Waals surface area contributed by atoms with Crippen molar-refractivity contribution in [3.05, 3.63) is 36.2 Å². The average molecular weight is 500 g/mol. The number of morpholine rings is 1. The first-order valence-corrected chi connectivity index (χ1v) is 12.9. The number of benzene rings is 1. The van der Waals surface area contributed by atoms with Crippen LogP contribution >= 0.6 is 0 Å². The maximum atomic E-state index is 14.2. The van der Waals surface area contributed by atoms with E-state index < -0.39 is 6.43 Å². The summed E-state index contributed by atoms with van der Waals surface area (Å²) < 4.78 is 35.4. The van der Waals surface area contributed by atoms with E-state index in [2.05, 4.69) is 28.6 Å². The van der Waals surface area contributed by atoms with E-state index in [9.17, 15) is 8.78 Å². The normalized spacial score (nSPS) is 21.0. The van der Waals surface area contributed by atoms with Gasteiger partial charge in [0.15, 0.2) is 5.82 Å². The van der Waals surface area contributed by atoms with Gasteiger partial charge >= 0.3 is 0 Å². The SMILES string of the molecule is CC(C)CN(c1cc(-n2c(C(F)F)nc3ccccc32)nc(N2CCOCC2)n1)[C@H]1CC[C@H](N)CC1. The second-order valence-electron chi connectivity index (χ2n) is 10.2. The van der Waals surface area contributed by atoms with Gasteiger partial charge in [0.1, 0.15) is 11.6 Å². The number of nitrogens with two attached hydrogens (primary N) is 1. The van der Waals surface area contributed by atoms with Crippen molar-refractivity contribution in [2.45, 2.75) is 58.0 Å². The number of hydrogen-bond donors (Lipinski definition) is 1. The minimum atomic E-state index is -2.74. The third-order valence-corrected chi connectivity index (χ3v) is 7.03. The van der Waals surface area contributed by atoms with E-state index in [0.29, 0.717) is 61.1 Å². The number of fused-ring (bicyclic) bond motifs is 1. The van der Waals surface area contributed by atoms with Crippen LogP contribution in [-0.2, 0) is 4.74 Å². The Hall–Kier alpha value is -2.85. The number of nitrogens with zero attached hydrogens (tertiary/aromatic N) is 6. The first kappa shape index (κ1) is 24.8. The highest BCUT2D eigenvalue weighted by molar-refractivity contribution is 5.78. The van der Waals surface area contributed by atoms with Gasteiger partial charge in [0.2, 0.25) is 5.95 Å². The van der Waals surface area contributed by atoms with E-state index in [0.717, 1.165) is 38.0 Å². The summed E-state index contributed by atoms with van der Waals surface area (Å²) in [4.78, 5) is 18.5. The Morgan fingerprint density at radius 2 is 1.78 bits per heavy atom. The standard InChI is InChI=1S/C26H35F2N7O/c1-17(2)16-34(19-9-7-18(29)8-10-19)22-15-23(32-26(31-22)33-11-13-36-14-12-33)35-21-6-4-3-5-20(21)30-25(35)24(27)28/h3-6,15,17-19,24H,7-14,16,29H2,1-2H3/t18-,19-. The van der Waals surface area contributed by atoms with Gasteiger partial charge in [0.05, 0.1) is 24.2 Å². The van der Waals surface area contributed by atoms with Gasteiger partial charge in [-0.3, -0.25) is 4.57 Å². The van der Waals surface area contributed by atoms with Crippen molar-refractivity contribution in [2.75, 3.05) is 42.6 Å². The van der Waals surface area contributed by atoms with Crippen LogP contribution in [0.4, 0.5) is 20.5 Å². The topological polar surface area (TPSA) is 85.3 Å². The molecule has 1 saturated carbocycles. The van der Waals surface area contributed by atoms with Gasteiger partial charge in [0, 0.05) is 37.8 Å². The molecule has 2 aromatic heterocycles. The fraction of sp³-hybridized carbons (Fsp3) is 0.577. The van der Waals surface area contributed by atoms with Crippen molar-refractivity contribution in [3.8, 4) is 5.82 Å². The van der Waals surface area contributed by atoms with Gasteiger partial charge in [-0.1, -0.05) is 26.0 Å². The Morgan fingerprint density at radius 1 is 1.06 bits per heavy atom. The molecule has 10 heteroatoms. The summed E-state index contributed by atoms with van der Waals surface area (Å²) in [6.07, 6.45) is 1.16. The van der Waals surface area contributed by atoms with Gasteiger partial charge in [0.25, 0.3) is 6.43 Å². The summed E-state index contributed by atoms with van der Waals surface area (Å²) in [7, 11) is 0. The highest BCUT2D eigenvalue weighted by Gasteiger charge is 2.29. The number of halogens is 2. The van der Waals surface area contributed by atoms with Crippen LogP contribution in [0.1, 0.15) is 51.8 Å². The maximum absolute atomic E-state index is 14.2. The summed E-state index contributed by atoms with van der Waals surface area (Å²) in [6, 6.07) is 9.56. The lowest BCUT2D eigenvalue weighted by Crippen LogP contribution is -2.43.